The lowest BCUT2D eigenvalue weighted by atomic mass is 9.89. The van der Waals surface area contributed by atoms with Crippen LogP contribution in [-0.4, -0.2) is 25.5 Å². The number of carbonyl (C=O) groups excluding carboxylic acids is 1. The molecular formula is C18H28N2O. The zero-order valence-corrected chi connectivity index (χ0v) is 12.9. The van der Waals surface area contributed by atoms with Gasteiger partial charge in [-0.25, -0.2) is 0 Å². The molecule has 1 fully saturated rings. The molecule has 3 nitrogen and oxygen atoms in total. The molecule has 0 radical (unpaired) electrons. The Morgan fingerprint density at radius 3 is 2.62 bits per heavy atom. The van der Waals surface area contributed by atoms with Crippen LogP contribution in [0.4, 0.5) is 0 Å². The minimum atomic E-state index is 0.124. The molecule has 0 aliphatic heterocycles. The van der Waals surface area contributed by atoms with Crippen LogP contribution in [-0.2, 0) is 11.2 Å². The number of benzene rings is 1. The highest BCUT2D eigenvalue weighted by Gasteiger charge is 2.13. The van der Waals surface area contributed by atoms with E-state index in [1.54, 1.807) is 0 Å². The molecule has 1 saturated carbocycles. The maximum Gasteiger partial charge on any atom is 0.233 e. The summed E-state index contributed by atoms with van der Waals surface area (Å²) in [6.45, 7) is 2.22. The highest BCUT2D eigenvalue weighted by molar-refractivity contribution is 5.77. The Kier molecular flexibility index (Phi) is 7.30. The largest absolute Gasteiger partial charge is 0.355 e. The predicted molar refractivity (Wildman–Crippen MR) is 87.2 cm³/mol. The van der Waals surface area contributed by atoms with E-state index in [9.17, 15) is 4.79 Å². The van der Waals surface area contributed by atoms with Gasteiger partial charge in [-0.3, -0.25) is 4.79 Å². The van der Waals surface area contributed by atoms with Crippen molar-refractivity contribution in [2.24, 2.45) is 5.92 Å². The molecule has 1 aromatic carbocycles. The van der Waals surface area contributed by atoms with Gasteiger partial charge >= 0.3 is 0 Å². The second-order valence-corrected chi connectivity index (χ2v) is 6.07. The van der Waals surface area contributed by atoms with Crippen molar-refractivity contribution in [1.29, 1.82) is 0 Å². The van der Waals surface area contributed by atoms with Gasteiger partial charge in [0, 0.05) is 6.54 Å². The van der Waals surface area contributed by atoms with E-state index in [0.717, 1.165) is 31.8 Å². The number of rotatable bonds is 8. The van der Waals surface area contributed by atoms with Gasteiger partial charge in [0.05, 0.1) is 6.54 Å². The molecule has 1 amide bonds. The van der Waals surface area contributed by atoms with Crippen molar-refractivity contribution in [2.45, 2.75) is 44.9 Å². The zero-order chi connectivity index (χ0) is 14.8. The average molecular weight is 288 g/mol. The molecule has 2 N–H and O–H groups in total. The minimum absolute atomic E-state index is 0.124. The smallest absolute Gasteiger partial charge is 0.233 e. The number of aryl methyl sites for hydroxylation is 1. The van der Waals surface area contributed by atoms with Crippen LogP contribution >= 0.6 is 0 Å². The van der Waals surface area contributed by atoms with Gasteiger partial charge < -0.3 is 10.6 Å². The van der Waals surface area contributed by atoms with Crippen molar-refractivity contribution in [1.82, 2.24) is 10.6 Å². The van der Waals surface area contributed by atoms with E-state index in [-0.39, 0.29) is 5.91 Å². The van der Waals surface area contributed by atoms with Gasteiger partial charge in [0.1, 0.15) is 0 Å². The minimum Gasteiger partial charge on any atom is -0.355 e. The quantitative estimate of drug-likeness (QED) is 0.722. The first-order chi connectivity index (χ1) is 10.3. The van der Waals surface area contributed by atoms with Crippen molar-refractivity contribution < 1.29 is 4.79 Å². The van der Waals surface area contributed by atoms with Crippen LogP contribution in [0.3, 0.4) is 0 Å². The fraction of sp³-hybridized carbons (Fsp3) is 0.611. The summed E-state index contributed by atoms with van der Waals surface area (Å²) in [6, 6.07) is 10.4. The Morgan fingerprint density at radius 1 is 1.10 bits per heavy atom. The summed E-state index contributed by atoms with van der Waals surface area (Å²) in [4.78, 5) is 11.7. The Hall–Kier alpha value is -1.35. The van der Waals surface area contributed by atoms with E-state index in [2.05, 4.69) is 34.9 Å². The van der Waals surface area contributed by atoms with E-state index >= 15 is 0 Å². The summed E-state index contributed by atoms with van der Waals surface area (Å²) < 4.78 is 0. The maximum absolute atomic E-state index is 11.7. The summed E-state index contributed by atoms with van der Waals surface area (Å²) in [5.41, 5.74) is 1.34. The number of nitrogens with one attached hydrogen (secondary N) is 2. The second-order valence-electron chi connectivity index (χ2n) is 6.07. The molecule has 0 atom stereocenters. The van der Waals surface area contributed by atoms with Gasteiger partial charge in [-0.15, -0.1) is 0 Å². The molecule has 0 heterocycles. The van der Waals surface area contributed by atoms with Crippen molar-refractivity contribution in [3.05, 3.63) is 35.9 Å². The summed E-state index contributed by atoms with van der Waals surface area (Å²) in [6.07, 6.45) is 8.78. The molecule has 0 aromatic heterocycles. The first-order valence-corrected chi connectivity index (χ1v) is 8.36. The molecule has 116 valence electrons. The Bertz CT molecular complexity index is 399. The molecule has 3 heteroatoms. The van der Waals surface area contributed by atoms with E-state index in [1.807, 2.05) is 6.07 Å². The Balaban J connectivity index is 1.47. The number of amides is 1. The van der Waals surface area contributed by atoms with E-state index < -0.39 is 0 Å². The topological polar surface area (TPSA) is 41.1 Å². The molecule has 1 aliphatic carbocycles. The monoisotopic (exact) mass is 288 g/mol. The molecule has 2 rings (SSSR count). The summed E-state index contributed by atoms with van der Waals surface area (Å²) >= 11 is 0. The molecule has 0 spiro atoms. The van der Waals surface area contributed by atoms with Crippen molar-refractivity contribution in [2.75, 3.05) is 19.6 Å². The first-order valence-electron chi connectivity index (χ1n) is 8.36. The molecule has 21 heavy (non-hydrogen) atoms. The molecule has 1 aliphatic rings. The number of carbonyl (C=O) groups is 1. The lowest BCUT2D eigenvalue weighted by molar-refractivity contribution is -0.120. The van der Waals surface area contributed by atoms with Crippen LogP contribution in [0.15, 0.2) is 30.3 Å². The third-order valence-corrected chi connectivity index (χ3v) is 4.25. The third-order valence-electron chi connectivity index (χ3n) is 4.25. The van der Waals surface area contributed by atoms with Crippen LogP contribution < -0.4 is 10.6 Å². The lowest BCUT2D eigenvalue weighted by Crippen LogP contribution is -2.36. The third kappa shape index (κ3) is 6.76. The standard InChI is InChI=1S/C18H28N2O/c21-18(15-19-14-17-10-5-2-6-11-17)20-13-7-12-16-8-3-1-4-9-16/h1,3-4,8-9,17,19H,2,5-7,10-15H2,(H,20,21). The first kappa shape index (κ1) is 16.0. The van der Waals surface area contributed by atoms with Crippen LogP contribution in [0.25, 0.3) is 0 Å². The van der Waals surface area contributed by atoms with Crippen molar-refractivity contribution in [3.63, 3.8) is 0 Å². The number of hydrogen-bond donors (Lipinski definition) is 2. The normalized spacial score (nSPS) is 15.8. The van der Waals surface area contributed by atoms with E-state index in [1.165, 1.54) is 37.7 Å². The van der Waals surface area contributed by atoms with Crippen LogP contribution in [0.1, 0.15) is 44.1 Å². The van der Waals surface area contributed by atoms with Gasteiger partial charge in [0.15, 0.2) is 0 Å². The van der Waals surface area contributed by atoms with E-state index in [4.69, 9.17) is 0 Å². The second kappa shape index (κ2) is 9.56. The Morgan fingerprint density at radius 2 is 1.86 bits per heavy atom. The van der Waals surface area contributed by atoms with E-state index in [0.29, 0.717) is 6.54 Å². The summed E-state index contributed by atoms with van der Waals surface area (Å²) in [7, 11) is 0. The fourth-order valence-electron chi connectivity index (χ4n) is 3.01. The summed E-state index contributed by atoms with van der Waals surface area (Å²) in [5, 5.41) is 6.29. The van der Waals surface area contributed by atoms with Gasteiger partial charge in [-0.1, -0.05) is 49.6 Å². The Labute approximate surface area is 128 Å². The molecular weight excluding hydrogens is 260 g/mol. The van der Waals surface area contributed by atoms with Gasteiger partial charge in [0.2, 0.25) is 5.91 Å². The van der Waals surface area contributed by atoms with Crippen LogP contribution in [0, 0.1) is 5.92 Å². The van der Waals surface area contributed by atoms with Crippen molar-refractivity contribution >= 4 is 5.91 Å². The van der Waals surface area contributed by atoms with Gasteiger partial charge in [0.25, 0.3) is 0 Å². The zero-order valence-electron chi connectivity index (χ0n) is 12.9. The maximum atomic E-state index is 11.7. The van der Waals surface area contributed by atoms with Gasteiger partial charge in [-0.2, -0.15) is 0 Å². The fourth-order valence-corrected chi connectivity index (χ4v) is 3.01. The van der Waals surface area contributed by atoms with Crippen LogP contribution in [0.5, 0.6) is 0 Å². The number of hydrogen-bond acceptors (Lipinski definition) is 2. The summed E-state index contributed by atoms with van der Waals surface area (Å²) in [5.74, 6) is 0.906. The highest BCUT2D eigenvalue weighted by Crippen LogP contribution is 2.22. The SMILES string of the molecule is O=C(CNCC1CCCCC1)NCCCc1ccccc1. The molecule has 0 saturated heterocycles. The van der Waals surface area contributed by atoms with Gasteiger partial charge in [-0.05, 0) is 43.7 Å². The highest BCUT2D eigenvalue weighted by atomic mass is 16.1. The molecule has 0 unspecified atom stereocenters. The van der Waals surface area contributed by atoms with Crippen molar-refractivity contribution in [3.8, 4) is 0 Å². The van der Waals surface area contributed by atoms with Crippen LogP contribution in [0.2, 0.25) is 0 Å². The molecule has 1 aromatic rings. The lowest BCUT2D eigenvalue weighted by Gasteiger charge is -2.21. The predicted octanol–water partition coefficient (Wildman–Crippen LogP) is 2.91. The average Bonchev–Trinajstić information content (AvgIpc) is 2.54. The molecule has 0 bridgehead atoms.